The Morgan fingerprint density at radius 2 is 2.07 bits per heavy atom. The van der Waals surface area contributed by atoms with Gasteiger partial charge in [-0.2, -0.15) is 0 Å². The minimum Gasteiger partial charge on any atom is -0.497 e. The first kappa shape index (κ1) is 21.8. The van der Waals surface area contributed by atoms with Crippen molar-refractivity contribution in [3.05, 3.63) is 41.7 Å². The van der Waals surface area contributed by atoms with Crippen LogP contribution >= 0.6 is 0 Å². The maximum absolute atomic E-state index is 12.8. The summed E-state index contributed by atoms with van der Waals surface area (Å²) in [4.78, 5) is 28.9. The molecule has 1 aliphatic rings. The second-order valence-electron chi connectivity index (χ2n) is 7.68. The average molecular weight is 414 g/mol. The van der Waals surface area contributed by atoms with Crippen LogP contribution in [0, 0.1) is 5.92 Å². The Morgan fingerprint density at radius 1 is 1.27 bits per heavy atom. The van der Waals surface area contributed by atoms with Crippen molar-refractivity contribution in [2.75, 3.05) is 33.3 Å². The van der Waals surface area contributed by atoms with E-state index in [4.69, 9.17) is 4.74 Å². The van der Waals surface area contributed by atoms with Crippen molar-refractivity contribution in [1.29, 1.82) is 0 Å². The fourth-order valence-electron chi connectivity index (χ4n) is 3.93. The van der Waals surface area contributed by atoms with E-state index in [1.54, 1.807) is 22.9 Å². The third-order valence-electron chi connectivity index (χ3n) is 5.61. The number of methoxy groups -OCH3 is 1. The van der Waals surface area contributed by atoms with Crippen molar-refractivity contribution in [3.63, 3.8) is 0 Å². The van der Waals surface area contributed by atoms with Gasteiger partial charge in [-0.3, -0.25) is 14.3 Å². The molecule has 2 heterocycles. The zero-order chi connectivity index (χ0) is 21.5. The minimum atomic E-state index is -0.0926. The summed E-state index contributed by atoms with van der Waals surface area (Å²) >= 11 is 0. The molecule has 2 amide bonds. The van der Waals surface area contributed by atoms with E-state index in [0.29, 0.717) is 44.2 Å². The predicted octanol–water partition coefficient (Wildman–Crippen LogP) is 2.25. The van der Waals surface area contributed by atoms with E-state index in [0.717, 1.165) is 30.7 Å². The van der Waals surface area contributed by atoms with E-state index in [1.807, 2.05) is 43.0 Å². The molecule has 3 rings (SSSR count). The van der Waals surface area contributed by atoms with E-state index >= 15 is 0 Å². The van der Waals surface area contributed by atoms with Crippen molar-refractivity contribution in [1.82, 2.24) is 24.8 Å². The SMILES string of the molecule is CCN(CC)C(=O)c1cn(C[C@@H]2CCCN(C(=O)Cc3cccc(OC)c3)C2)nn1. The van der Waals surface area contributed by atoms with Crippen LogP contribution in [0.15, 0.2) is 30.5 Å². The molecule has 0 N–H and O–H groups in total. The van der Waals surface area contributed by atoms with Crippen LogP contribution < -0.4 is 4.74 Å². The number of hydrogen-bond acceptors (Lipinski definition) is 5. The molecule has 30 heavy (non-hydrogen) atoms. The van der Waals surface area contributed by atoms with Crippen LogP contribution in [0.4, 0.5) is 0 Å². The molecule has 0 unspecified atom stereocenters. The van der Waals surface area contributed by atoms with Gasteiger partial charge in [0.25, 0.3) is 5.91 Å². The number of amides is 2. The number of likely N-dealkylation sites (tertiary alicyclic amines) is 1. The molecule has 1 atom stereocenters. The third-order valence-corrected chi connectivity index (χ3v) is 5.61. The van der Waals surface area contributed by atoms with E-state index in [1.165, 1.54) is 0 Å². The molecule has 0 saturated carbocycles. The van der Waals surface area contributed by atoms with Crippen LogP contribution in [0.2, 0.25) is 0 Å². The van der Waals surface area contributed by atoms with Crippen LogP contribution in [0.25, 0.3) is 0 Å². The number of carbonyl (C=O) groups excluding carboxylic acids is 2. The fraction of sp³-hybridized carbons (Fsp3) is 0.545. The highest BCUT2D eigenvalue weighted by Gasteiger charge is 2.25. The van der Waals surface area contributed by atoms with Crippen molar-refractivity contribution >= 4 is 11.8 Å². The summed E-state index contributed by atoms with van der Waals surface area (Å²) in [6.45, 7) is 7.33. The summed E-state index contributed by atoms with van der Waals surface area (Å²) < 4.78 is 6.98. The summed E-state index contributed by atoms with van der Waals surface area (Å²) in [5, 5.41) is 8.19. The van der Waals surface area contributed by atoms with E-state index in [9.17, 15) is 9.59 Å². The second-order valence-corrected chi connectivity index (χ2v) is 7.68. The molecule has 162 valence electrons. The molecule has 1 aromatic heterocycles. The highest BCUT2D eigenvalue weighted by atomic mass is 16.5. The van der Waals surface area contributed by atoms with Gasteiger partial charge in [0.2, 0.25) is 5.91 Å². The highest BCUT2D eigenvalue weighted by molar-refractivity contribution is 5.91. The lowest BCUT2D eigenvalue weighted by Gasteiger charge is -2.32. The number of ether oxygens (including phenoxy) is 1. The summed E-state index contributed by atoms with van der Waals surface area (Å²) in [5.41, 5.74) is 1.33. The first-order valence-electron chi connectivity index (χ1n) is 10.6. The van der Waals surface area contributed by atoms with Gasteiger partial charge in [0, 0.05) is 32.7 Å². The molecule has 0 bridgehead atoms. The van der Waals surface area contributed by atoms with E-state index in [-0.39, 0.29) is 11.8 Å². The van der Waals surface area contributed by atoms with Crippen molar-refractivity contribution in [3.8, 4) is 5.75 Å². The van der Waals surface area contributed by atoms with Crippen LogP contribution in [0.3, 0.4) is 0 Å². The first-order valence-corrected chi connectivity index (χ1v) is 10.6. The molecule has 1 aromatic carbocycles. The van der Waals surface area contributed by atoms with Crippen molar-refractivity contribution in [2.24, 2.45) is 5.92 Å². The maximum Gasteiger partial charge on any atom is 0.276 e. The standard InChI is InChI=1S/C22H31N5O3/c1-4-25(5-2)22(29)20-16-27(24-23-20)15-18-9-7-11-26(14-18)21(28)13-17-8-6-10-19(12-17)30-3/h6,8,10,12,16,18H,4-5,7,9,11,13-15H2,1-3H3/t18-/m1/s1. The number of benzene rings is 1. The predicted molar refractivity (Wildman–Crippen MR) is 113 cm³/mol. The lowest BCUT2D eigenvalue weighted by atomic mass is 9.97. The van der Waals surface area contributed by atoms with Crippen LogP contribution in [0.5, 0.6) is 5.75 Å². The molecule has 8 nitrogen and oxygen atoms in total. The molecular weight excluding hydrogens is 382 g/mol. The Balaban J connectivity index is 1.57. The lowest BCUT2D eigenvalue weighted by molar-refractivity contribution is -0.132. The topological polar surface area (TPSA) is 80.6 Å². The van der Waals surface area contributed by atoms with Gasteiger partial charge in [-0.25, -0.2) is 0 Å². The Bertz CT molecular complexity index is 862. The molecule has 0 spiro atoms. The van der Waals surface area contributed by atoms with E-state index in [2.05, 4.69) is 10.3 Å². The van der Waals surface area contributed by atoms with Crippen molar-refractivity contribution < 1.29 is 14.3 Å². The van der Waals surface area contributed by atoms with Gasteiger partial charge >= 0.3 is 0 Å². The van der Waals surface area contributed by atoms with Gasteiger partial charge in [-0.05, 0) is 50.3 Å². The smallest absolute Gasteiger partial charge is 0.276 e. The zero-order valence-electron chi connectivity index (χ0n) is 18.1. The molecule has 8 heteroatoms. The van der Waals surface area contributed by atoms with Crippen LogP contribution in [-0.4, -0.2) is 69.9 Å². The summed E-state index contributed by atoms with van der Waals surface area (Å²) in [6.07, 6.45) is 4.09. The summed E-state index contributed by atoms with van der Waals surface area (Å²) in [6, 6.07) is 7.64. The number of aromatic nitrogens is 3. The molecular formula is C22H31N5O3. The minimum absolute atomic E-state index is 0.0926. The second kappa shape index (κ2) is 10.2. The Labute approximate surface area is 177 Å². The zero-order valence-corrected chi connectivity index (χ0v) is 18.1. The number of nitrogens with zero attached hydrogens (tertiary/aromatic N) is 5. The number of carbonyl (C=O) groups is 2. The quantitative estimate of drug-likeness (QED) is 0.663. The van der Waals surface area contributed by atoms with E-state index < -0.39 is 0 Å². The summed E-state index contributed by atoms with van der Waals surface area (Å²) in [7, 11) is 1.63. The average Bonchev–Trinajstić information content (AvgIpc) is 3.23. The highest BCUT2D eigenvalue weighted by Crippen LogP contribution is 2.20. The largest absolute Gasteiger partial charge is 0.497 e. The van der Waals surface area contributed by atoms with Crippen LogP contribution in [0.1, 0.15) is 42.7 Å². The van der Waals surface area contributed by atoms with Crippen molar-refractivity contribution in [2.45, 2.75) is 39.7 Å². The Morgan fingerprint density at radius 3 is 2.80 bits per heavy atom. The summed E-state index contributed by atoms with van der Waals surface area (Å²) in [5.74, 6) is 1.10. The molecule has 0 radical (unpaired) electrons. The van der Waals surface area contributed by atoms with Crippen LogP contribution in [-0.2, 0) is 17.8 Å². The molecule has 1 aliphatic heterocycles. The lowest BCUT2D eigenvalue weighted by Crippen LogP contribution is -2.41. The Kier molecular flexibility index (Phi) is 7.43. The van der Waals surface area contributed by atoms with Gasteiger partial charge in [-0.1, -0.05) is 17.3 Å². The van der Waals surface area contributed by atoms with Gasteiger partial charge in [0.05, 0.1) is 19.7 Å². The number of rotatable bonds is 8. The molecule has 0 aliphatic carbocycles. The van der Waals surface area contributed by atoms with Gasteiger partial charge in [-0.15, -0.1) is 5.10 Å². The van der Waals surface area contributed by atoms with Gasteiger partial charge in [0.15, 0.2) is 5.69 Å². The fourth-order valence-corrected chi connectivity index (χ4v) is 3.93. The number of piperidine rings is 1. The normalized spacial score (nSPS) is 16.4. The number of hydrogen-bond donors (Lipinski definition) is 0. The Hall–Kier alpha value is -2.90. The molecule has 1 fully saturated rings. The monoisotopic (exact) mass is 413 g/mol. The molecule has 1 saturated heterocycles. The first-order chi connectivity index (χ1) is 14.5. The third kappa shape index (κ3) is 5.37. The van der Waals surface area contributed by atoms with Gasteiger partial charge in [0.1, 0.15) is 5.75 Å². The van der Waals surface area contributed by atoms with Gasteiger partial charge < -0.3 is 14.5 Å². The molecule has 2 aromatic rings. The maximum atomic E-state index is 12.8.